The molecule has 3 saturated carbocycles. The minimum absolute atomic E-state index is 0.0338. The van der Waals surface area contributed by atoms with E-state index in [0.29, 0.717) is 12.0 Å². The lowest BCUT2D eigenvalue weighted by molar-refractivity contribution is -0.137. The second-order valence-corrected chi connectivity index (χ2v) is 9.47. The molecule has 0 aromatic carbocycles. The predicted octanol–water partition coefficient (Wildman–Crippen LogP) is 1.53. The van der Waals surface area contributed by atoms with Crippen molar-refractivity contribution in [2.24, 2.45) is 17.3 Å². The van der Waals surface area contributed by atoms with Crippen molar-refractivity contribution in [1.82, 2.24) is 15.7 Å². The lowest BCUT2D eigenvalue weighted by Gasteiger charge is -2.35. The molecule has 0 aromatic rings. The first-order chi connectivity index (χ1) is 13.0. The Balaban J connectivity index is 1.47. The highest BCUT2D eigenvalue weighted by atomic mass is 16.5. The molecule has 0 radical (unpaired) electrons. The largest absolute Gasteiger partial charge is 0.378 e. The monoisotopic (exact) mass is 379 g/mol. The summed E-state index contributed by atoms with van der Waals surface area (Å²) < 4.78 is 0. The first kappa shape index (κ1) is 19.2. The third kappa shape index (κ3) is 4.46. The summed E-state index contributed by atoms with van der Waals surface area (Å²) in [4.78, 5) is 26.6. The van der Waals surface area contributed by atoms with Gasteiger partial charge in [0.1, 0.15) is 6.23 Å². The second-order valence-electron chi connectivity index (χ2n) is 9.47. The Morgan fingerprint density at radius 1 is 1.15 bits per heavy atom. The molecule has 0 aromatic heterocycles. The minimum Gasteiger partial charge on any atom is -0.378 e. The number of nitrogens with zero attached hydrogens (tertiary/aromatic N) is 1. The topological polar surface area (TPSA) is 102 Å². The Labute approximate surface area is 160 Å². The summed E-state index contributed by atoms with van der Waals surface area (Å²) in [5.74, 6) is -0.166. The third-order valence-electron chi connectivity index (χ3n) is 7.17. The summed E-state index contributed by atoms with van der Waals surface area (Å²) in [6.07, 6.45) is 9.88. The van der Waals surface area contributed by atoms with Crippen LogP contribution in [0.1, 0.15) is 70.6 Å². The van der Waals surface area contributed by atoms with E-state index in [1.807, 2.05) is 4.90 Å². The second kappa shape index (κ2) is 7.68. The standard InChI is InChI=1S/C20H33N3O4/c24-17(22-27)10-14(9-13-3-1-2-4-13)19(26)23-12-20(7-8-20)11-16(23)18(25)21-15-5-6-15/h13-16,19,26-27H,1-12H2,(H,21,25)(H,22,24)/t14?,16-,19?/m0/s1. The van der Waals surface area contributed by atoms with Gasteiger partial charge in [0.05, 0.1) is 6.04 Å². The summed E-state index contributed by atoms with van der Waals surface area (Å²) >= 11 is 0. The van der Waals surface area contributed by atoms with Crippen LogP contribution >= 0.6 is 0 Å². The minimum atomic E-state index is -0.821. The molecular weight excluding hydrogens is 346 g/mol. The van der Waals surface area contributed by atoms with Gasteiger partial charge in [0.25, 0.3) is 0 Å². The van der Waals surface area contributed by atoms with E-state index in [1.165, 1.54) is 12.8 Å². The molecule has 2 unspecified atom stereocenters. The Kier molecular flexibility index (Phi) is 5.45. The van der Waals surface area contributed by atoms with Crippen LogP contribution in [0, 0.1) is 17.3 Å². The van der Waals surface area contributed by atoms with Gasteiger partial charge in [-0.05, 0) is 49.9 Å². The van der Waals surface area contributed by atoms with Crippen LogP contribution in [0.5, 0.6) is 0 Å². The zero-order valence-corrected chi connectivity index (χ0v) is 16.0. The molecule has 27 heavy (non-hydrogen) atoms. The van der Waals surface area contributed by atoms with Crippen molar-refractivity contribution >= 4 is 11.8 Å². The van der Waals surface area contributed by atoms with E-state index < -0.39 is 12.1 Å². The molecule has 1 aliphatic heterocycles. The van der Waals surface area contributed by atoms with Crippen molar-refractivity contribution < 1.29 is 19.9 Å². The quantitative estimate of drug-likeness (QED) is 0.378. The van der Waals surface area contributed by atoms with Gasteiger partial charge in [-0.3, -0.25) is 19.7 Å². The predicted molar refractivity (Wildman–Crippen MR) is 98.6 cm³/mol. The van der Waals surface area contributed by atoms with Crippen molar-refractivity contribution in [3.05, 3.63) is 0 Å². The number of nitrogens with one attached hydrogen (secondary N) is 2. The summed E-state index contributed by atoms with van der Waals surface area (Å²) in [5, 5.41) is 23.3. The molecule has 7 nitrogen and oxygen atoms in total. The lowest BCUT2D eigenvalue weighted by Crippen LogP contribution is -2.51. The van der Waals surface area contributed by atoms with Gasteiger partial charge < -0.3 is 10.4 Å². The zero-order valence-electron chi connectivity index (χ0n) is 16.0. The Morgan fingerprint density at radius 3 is 2.44 bits per heavy atom. The number of likely N-dealkylation sites (tertiary alicyclic amines) is 1. The van der Waals surface area contributed by atoms with Crippen molar-refractivity contribution in [2.45, 2.75) is 88.9 Å². The van der Waals surface area contributed by atoms with Crippen LogP contribution < -0.4 is 10.8 Å². The van der Waals surface area contributed by atoms with Gasteiger partial charge in [-0.15, -0.1) is 0 Å². The van der Waals surface area contributed by atoms with Crippen LogP contribution in [0.25, 0.3) is 0 Å². The summed E-state index contributed by atoms with van der Waals surface area (Å²) in [6.45, 7) is 0.735. The van der Waals surface area contributed by atoms with Crippen molar-refractivity contribution in [3.63, 3.8) is 0 Å². The number of aliphatic hydroxyl groups excluding tert-OH is 1. The normalized spacial score (nSPS) is 29.6. The van der Waals surface area contributed by atoms with Crippen LogP contribution in [-0.2, 0) is 9.59 Å². The number of aliphatic hydroxyl groups is 1. The van der Waals surface area contributed by atoms with Gasteiger partial charge in [0.2, 0.25) is 11.8 Å². The maximum atomic E-state index is 12.8. The highest BCUT2D eigenvalue weighted by molar-refractivity contribution is 5.83. The SMILES string of the molecule is O=C(CC(CC1CCCC1)C(O)N1CC2(CC2)C[C@H]1C(=O)NC1CC1)NO. The smallest absolute Gasteiger partial charge is 0.243 e. The van der Waals surface area contributed by atoms with Crippen LogP contribution in [0.4, 0.5) is 0 Å². The van der Waals surface area contributed by atoms with Gasteiger partial charge in [-0.2, -0.15) is 0 Å². The van der Waals surface area contributed by atoms with E-state index in [-0.39, 0.29) is 29.7 Å². The van der Waals surface area contributed by atoms with Gasteiger partial charge in [0.15, 0.2) is 0 Å². The van der Waals surface area contributed by atoms with E-state index in [4.69, 9.17) is 5.21 Å². The first-order valence-electron chi connectivity index (χ1n) is 10.7. The Bertz CT molecular complexity index is 570. The molecular formula is C20H33N3O4. The molecule has 0 bridgehead atoms. The molecule has 4 rings (SSSR count). The highest BCUT2D eigenvalue weighted by Gasteiger charge is 2.56. The third-order valence-corrected chi connectivity index (χ3v) is 7.17. The lowest BCUT2D eigenvalue weighted by atomic mass is 9.88. The number of rotatable bonds is 8. The molecule has 7 heteroatoms. The molecule has 4 aliphatic rings. The molecule has 4 N–H and O–H groups in total. The van der Waals surface area contributed by atoms with Gasteiger partial charge in [-0.1, -0.05) is 25.7 Å². The molecule has 1 spiro atoms. The van der Waals surface area contributed by atoms with E-state index >= 15 is 0 Å². The number of hydroxylamine groups is 1. The van der Waals surface area contributed by atoms with Gasteiger partial charge in [0, 0.05) is 24.9 Å². The fraction of sp³-hybridized carbons (Fsp3) is 0.900. The molecule has 152 valence electrons. The summed E-state index contributed by atoms with van der Waals surface area (Å²) in [6, 6.07) is 0.00747. The van der Waals surface area contributed by atoms with E-state index in [0.717, 1.165) is 57.9 Å². The molecule has 3 aliphatic carbocycles. The molecule has 3 atom stereocenters. The van der Waals surface area contributed by atoms with E-state index in [9.17, 15) is 14.7 Å². The fourth-order valence-electron chi connectivity index (χ4n) is 5.21. The maximum absolute atomic E-state index is 12.8. The molecule has 2 amide bonds. The van der Waals surface area contributed by atoms with Crippen LogP contribution in [0.15, 0.2) is 0 Å². The van der Waals surface area contributed by atoms with Gasteiger partial charge >= 0.3 is 0 Å². The summed E-state index contributed by atoms with van der Waals surface area (Å²) in [5.41, 5.74) is 1.90. The van der Waals surface area contributed by atoms with Crippen LogP contribution in [0.2, 0.25) is 0 Å². The van der Waals surface area contributed by atoms with Crippen LogP contribution in [-0.4, -0.2) is 51.9 Å². The van der Waals surface area contributed by atoms with Crippen molar-refractivity contribution in [2.75, 3.05) is 6.54 Å². The average Bonchev–Trinajstić information content (AvgIpc) is 3.51. The number of carbonyl (C=O) groups excluding carboxylic acids is 2. The highest BCUT2D eigenvalue weighted by Crippen LogP contribution is 2.55. The molecule has 1 saturated heterocycles. The van der Waals surface area contributed by atoms with Crippen molar-refractivity contribution in [1.29, 1.82) is 0 Å². The molecule has 4 fully saturated rings. The summed E-state index contributed by atoms with van der Waals surface area (Å²) in [7, 11) is 0. The number of carbonyl (C=O) groups is 2. The zero-order chi connectivity index (χ0) is 19.0. The number of hydrogen-bond acceptors (Lipinski definition) is 5. The Hall–Kier alpha value is -1.18. The average molecular weight is 380 g/mol. The van der Waals surface area contributed by atoms with Gasteiger partial charge in [-0.25, -0.2) is 5.48 Å². The maximum Gasteiger partial charge on any atom is 0.243 e. The van der Waals surface area contributed by atoms with E-state index in [1.54, 1.807) is 5.48 Å². The number of amides is 2. The van der Waals surface area contributed by atoms with Crippen molar-refractivity contribution in [3.8, 4) is 0 Å². The van der Waals surface area contributed by atoms with E-state index in [2.05, 4.69) is 5.32 Å². The Morgan fingerprint density at radius 2 is 1.85 bits per heavy atom. The molecule has 1 heterocycles. The van der Waals surface area contributed by atoms with Crippen LogP contribution in [0.3, 0.4) is 0 Å². The first-order valence-corrected chi connectivity index (χ1v) is 10.7. The fourth-order valence-corrected chi connectivity index (χ4v) is 5.21. The number of hydrogen-bond donors (Lipinski definition) is 4.